The maximum absolute atomic E-state index is 5.49. The normalized spacial score (nSPS) is 20.5. The first-order valence-electron chi connectivity index (χ1n) is 8.51. The van der Waals surface area contributed by atoms with Crippen molar-refractivity contribution in [3.63, 3.8) is 0 Å². The molecular formula is C18H23N3O. The van der Waals surface area contributed by atoms with E-state index in [-0.39, 0.29) is 0 Å². The molecule has 4 rings (SSSR count). The molecule has 22 heavy (non-hydrogen) atoms. The summed E-state index contributed by atoms with van der Waals surface area (Å²) < 4.78 is 5.49. The monoisotopic (exact) mass is 297 g/mol. The Kier molecular flexibility index (Phi) is 3.94. The molecule has 1 saturated heterocycles. The molecule has 0 bridgehead atoms. The first-order valence-corrected chi connectivity index (χ1v) is 8.51. The summed E-state index contributed by atoms with van der Waals surface area (Å²) in [5.74, 6) is 2.70. The highest BCUT2D eigenvalue weighted by Crippen LogP contribution is 2.33. The van der Waals surface area contributed by atoms with Crippen molar-refractivity contribution >= 4 is 16.7 Å². The van der Waals surface area contributed by atoms with Crippen LogP contribution in [0.25, 0.3) is 10.9 Å². The Morgan fingerprint density at radius 2 is 1.73 bits per heavy atom. The molecule has 1 aliphatic heterocycles. The summed E-state index contributed by atoms with van der Waals surface area (Å²) in [5, 5.41) is 1.17. The van der Waals surface area contributed by atoms with Crippen molar-refractivity contribution in [2.75, 3.05) is 31.2 Å². The largest absolute Gasteiger partial charge is 0.378 e. The highest BCUT2D eigenvalue weighted by Gasteiger charge is 2.22. The minimum Gasteiger partial charge on any atom is -0.378 e. The molecule has 1 aliphatic carbocycles. The van der Waals surface area contributed by atoms with E-state index in [0.29, 0.717) is 5.92 Å². The number of hydrogen-bond acceptors (Lipinski definition) is 4. The zero-order chi connectivity index (χ0) is 14.8. The lowest BCUT2D eigenvalue weighted by Crippen LogP contribution is -2.37. The molecule has 1 aromatic carbocycles. The summed E-state index contributed by atoms with van der Waals surface area (Å²) >= 11 is 0. The van der Waals surface area contributed by atoms with Gasteiger partial charge in [-0.25, -0.2) is 9.97 Å². The Balaban J connectivity index is 1.78. The van der Waals surface area contributed by atoms with Gasteiger partial charge in [0.15, 0.2) is 0 Å². The van der Waals surface area contributed by atoms with Gasteiger partial charge in [-0.2, -0.15) is 0 Å². The second kappa shape index (κ2) is 6.21. The Bertz CT molecular complexity index is 646. The van der Waals surface area contributed by atoms with Crippen molar-refractivity contribution in [3.8, 4) is 0 Å². The second-order valence-corrected chi connectivity index (χ2v) is 6.36. The Hall–Kier alpha value is -1.68. The van der Waals surface area contributed by atoms with Gasteiger partial charge in [0.2, 0.25) is 0 Å². The lowest BCUT2D eigenvalue weighted by Gasteiger charge is -2.30. The summed E-state index contributed by atoms with van der Waals surface area (Å²) in [7, 11) is 0. The molecule has 4 heteroatoms. The molecule has 2 fully saturated rings. The van der Waals surface area contributed by atoms with Gasteiger partial charge in [-0.15, -0.1) is 0 Å². The molecule has 2 heterocycles. The number of aromatic nitrogens is 2. The van der Waals surface area contributed by atoms with Gasteiger partial charge in [0, 0.05) is 24.4 Å². The number of anilines is 1. The molecule has 2 aliphatic rings. The van der Waals surface area contributed by atoms with Gasteiger partial charge in [-0.3, -0.25) is 0 Å². The van der Waals surface area contributed by atoms with Crippen LogP contribution in [0.4, 0.5) is 5.82 Å². The Morgan fingerprint density at radius 1 is 0.955 bits per heavy atom. The summed E-state index contributed by atoms with van der Waals surface area (Å²) in [6.07, 6.45) is 6.46. The van der Waals surface area contributed by atoms with E-state index >= 15 is 0 Å². The van der Waals surface area contributed by atoms with Crippen molar-refractivity contribution in [2.24, 2.45) is 0 Å². The van der Waals surface area contributed by atoms with Gasteiger partial charge >= 0.3 is 0 Å². The van der Waals surface area contributed by atoms with Crippen molar-refractivity contribution in [3.05, 3.63) is 30.1 Å². The van der Waals surface area contributed by atoms with Crippen LogP contribution in [0.2, 0.25) is 0 Å². The third kappa shape index (κ3) is 2.68. The van der Waals surface area contributed by atoms with E-state index in [1.165, 1.54) is 37.5 Å². The smallest absolute Gasteiger partial charge is 0.140 e. The third-order valence-electron chi connectivity index (χ3n) is 4.88. The van der Waals surface area contributed by atoms with E-state index < -0.39 is 0 Å². The van der Waals surface area contributed by atoms with Crippen LogP contribution < -0.4 is 4.90 Å². The fourth-order valence-electron chi connectivity index (χ4n) is 3.64. The molecule has 0 N–H and O–H groups in total. The van der Waals surface area contributed by atoms with Crippen LogP contribution in [-0.4, -0.2) is 36.3 Å². The maximum atomic E-state index is 5.49. The van der Waals surface area contributed by atoms with Gasteiger partial charge in [-0.1, -0.05) is 31.4 Å². The summed E-state index contributed by atoms with van der Waals surface area (Å²) in [6, 6.07) is 8.41. The van der Waals surface area contributed by atoms with E-state index in [0.717, 1.165) is 43.5 Å². The van der Waals surface area contributed by atoms with Crippen molar-refractivity contribution in [2.45, 2.75) is 38.0 Å². The quantitative estimate of drug-likeness (QED) is 0.850. The van der Waals surface area contributed by atoms with Gasteiger partial charge < -0.3 is 9.64 Å². The molecule has 0 unspecified atom stereocenters. The van der Waals surface area contributed by atoms with Gasteiger partial charge in [-0.05, 0) is 25.0 Å². The molecule has 0 spiro atoms. The molecule has 4 nitrogen and oxygen atoms in total. The summed E-state index contributed by atoms with van der Waals surface area (Å²) in [5.41, 5.74) is 1.08. The minimum atomic E-state index is 0.540. The van der Waals surface area contributed by atoms with Gasteiger partial charge in [0.1, 0.15) is 11.6 Å². The lowest BCUT2D eigenvalue weighted by atomic mass is 9.88. The number of rotatable bonds is 2. The van der Waals surface area contributed by atoms with Crippen LogP contribution >= 0.6 is 0 Å². The van der Waals surface area contributed by atoms with Crippen molar-refractivity contribution < 1.29 is 4.74 Å². The predicted molar refractivity (Wildman–Crippen MR) is 88.4 cm³/mol. The standard InChI is InChI=1S/C18H23N3O/c1-2-6-14(7-3-1)17-19-16-9-5-4-8-15(16)18(20-17)21-10-12-22-13-11-21/h4-5,8-9,14H,1-3,6-7,10-13H2. The number of ether oxygens (including phenoxy) is 1. The van der Waals surface area contributed by atoms with Crippen LogP contribution in [0.5, 0.6) is 0 Å². The first kappa shape index (κ1) is 13.9. The van der Waals surface area contributed by atoms with Crippen LogP contribution in [0.3, 0.4) is 0 Å². The summed E-state index contributed by atoms with van der Waals surface area (Å²) in [6.45, 7) is 3.42. The van der Waals surface area contributed by atoms with E-state index in [1.807, 2.05) is 0 Å². The van der Waals surface area contributed by atoms with E-state index in [2.05, 4.69) is 29.2 Å². The molecule has 1 saturated carbocycles. The lowest BCUT2D eigenvalue weighted by molar-refractivity contribution is 0.122. The number of para-hydroxylation sites is 1. The first-order chi connectivity index (χ1) is 10.9. The number of hydrogen-bond donors (Lipinski definition) is 0. The van der Waals surface area contributed by atoms with Gasteiger partial charge in [0.25, 0.3) is 0 Å². The molecule has 1 aromatic heterocycles. The molecule has 0 atom stereocenters. The molecular weight excluding hydrogens is 274 g/mol. The van der Waals surface area contributed by atoms with Crippen LogP contribution in [-0.2, 0) is 4.74 Å². The average molecular weight is 297 g/mol. The Labute approximate surface area is 131 Å². The molecule has 0 amide bonds. The zero-order valence-electron chi connectivity index (χ0n) is 13.0. The second-order valence-electron chi connectivity index (χ2n) is 6.36. The number of fused-ring (bicyclic) bond motifs is 1. The SMILES string of the molecule is c1ccc2c(N3CCOCC3)nc(C3CCCCC3)nc2c1. The topological polar surface area (TPSA) is 38.2 Å². The van der Waals surface area contributed by atoms with Crippen LogP contribution in [0.15, 0.2) is 24.3 Å². The fourth-order valence-corrected chi connectivity index (χ4v) is 3.64. The third-order valence-corrected chi connectivity index (χ3v) is 4.88. The van der Waals surface area contributed by atoms with E-state index in [1.54, 1.807) is 0 Å². The maximum Gasteiger partial charge on any atom is 0.140 e. The highest BCUT2D eigenvalue weighted by atomic mass is 16.5. The Morgan fingerprint density at radius 3 is 2.55 bits per heavy atom. The van der Waals surface area contributed by atoms with Gasteiger partial charge in [0.05, 0.1) is 18.7 Å². The van der Waals surface area contributed by atoms with Crippen molar-refractivity contribution in [1.82, 2.24) is 9.97 Å². The zero-order valence-corrected chi connectivity index (χ0v) is 13.0. The number of benzene rings is 1. The van der Waals surface area contributed by atoms with Crippen LogP contribution in [0, 0.1) is 0 Å². The summed E-state index contributed by atoms with van der Waals surface area (Å²) in [4.78, 5) is 12.3. The molecule has 0 radical (unpaired) electrons. The highest BCUT2D eigenvalue weighted by molar-refractivity contribution is 5.89. The van der Waals surface area contributed by atoms with Crippen LogP contribution in [0.1, 0.15) is 43.8 Å². The average Bonchev–Trinajstić information content (AvgIpc) is 2.62. The van der Waals surface area contributed by atoms with E-state index in [4.69, 9.17) is 14.7 Å². The molecule has 2 aromatic rings. The fraction of sp³-hybridized carbons (Fsp3) is 0.556. The minimum absolute atomic E-state index is 0.540. The molecule has 116 valence electrons. The number of nitrogens with zero attached hydrogens (tertiary/aromatic N) is 3. The van der Waals surface area contributed by atoms with E-state index in [9.17, 15) is 0 Å². The predicted octanol–water partition coefficient (Wildman–Crippen LogP) is 3.51. The number of morpholine rings is 1. The van der Waals surface area contributed by atoms with Crippen molar-refractivity contribution in [1.29, 1.82) is 0 Å².